The number of rotatable bonds is 0. The van der Waals surface area contributed by atoms with E-state index in [9.17, 15) is 13.2 Å². The maximum absolute atomic E-state index is 10.6. The fourth-order valence-corrected chi connectivity index (χ4v) is 0. The van der Waals surface area contributed by atoms with E-state index in [1.54, 1.807) is 0 Å². The first-order chi connectivity index (χ1) is 2.56. The van der Waals surface area contributed by atoms with Crippen LogP contribution in [0.5, 0.6) is 0 Å². The van der Waals surface area contributed by atoms with Gasteiger partial charge < -0.3 is 0 Å². The zero-order valence-electron chi connectivity index (χ0n) is 3.84. The molecule has 2 radical (unpaired) electrons. The van der Waals surface area contributed by atoms with Gasteiger partial charge in [-0.25, -0.2) is 0 Å². The van der Waals surface area contributed by atoms with Crippen molar-refractivity contribution >= 4 is 18.9 Å². The van der Waals surface area contributed by atoms with E-state index in [1.807, 2.05) is 0 Å². The summed E-state index contributed by atoms with van der Waals surface area (Å²) in [6.45, 7) is 2.38. The van der Waals surface area contributed by atoms with E-state index >= 15 is 0 Å². The Bertz CT molecular complexity index is 55.7. The van der Waals surface area contributed by atoms with Crippen molar-refractivity contribution in [1.29, 1.82) is 0 Å². The molecule has 0 aliphatic heterocycles. The van der Waals surface area contributed by atoms with Gasteiger partial charge in [-0.2, -0.15) is 13.2 Å². The Kier molecular flexibility index (Phi) is 4.61. The van der Waals surface area contributed by atoms with Gasteiger partial charge in [0, 0.05) is 18.9 Å². The summed E-state index contributed by atoms with van der Waals surface area (Å²) in [7, 11) is 0. The van der Waals surface area contributed by atoms with Gasteiger partial charge >= 0.3 is 6.18 Å². The van der Waals surface area contributed by atoms with E-state index in [0.29, 0.717) is 0 Å². The molecule has 0 N–H and O–H groups in total. The second kappa shape index (κ2) is 3.17. The second-order valence-corrected chi connectivity index (χ2v) is 0.675. The fraction of sp³-hybridized carbons (Fsp3) is 0.333. The molecule has 0 aromatic heterocycles. The molecule has 0 aliphatic rings. The molecule has 0 amide bonds. The molecule has 0 rings (SSSR count). The number of allylic oxidation sites excluding steroid dienone is 1. The van der Waals surface area contributed by atoms with Crippen molar-refractivity contribution in [2.45, 2.75) is 6.18 Å². The molecule has 0 saturated carbocycles. The Morgan fingerprint density at radius 2 is 1.43 bits per heavy atom. The molecule has 0 atom stereocenters. The normalized spacial score (nSPS) is 9.57. The van der Waals surface area contributed by atoms with Gasteiger partial charge in [0.15, 0.2) is 0 Å². The van der Waals surface area contributed by atoms with Gasteiger partial charge in [0.2, 0.25) is 0 Å². The van der Waals surface area contributed by atoms with Gasteiger partial charge in [-0.1, -0.05) is 6.58 Å². The Labute approximate surface area is 51.6 Å². The van der Waals surface area contributed by atoms with Crippen LogP contribution in [0.3, 0.4) is 0 Å². The van der Waals surface area contributed by atoms with E-state index in [4.69, 9.17) is 0 Å². The van der Waals surface area contributed by atoms with E-state index < -0.39 is 6.18 Å². The molecule has 7 heavy (non-hydrogen) atoms. The quantitative estimate of drug-likeness (QED) is 0.402. The third kappa shape index (κ3) is 10.7. The molecule has 0 heterocycles. The Hall–Kier alpha value is 0.127. The first-order valence-corrected chi connectivity index (χ1v) is 1.17. The van der Waals surface area contributed by atoms with E-state index in [0.717, 1.165) is 6.08 Å². The summed E-state index contributed by atoms with van der Waals surface area (Å²) in [5.41, 5.74) is 0. The summed E-state index contributed by atoms with van der Waals surface area (Å²) >= 11 is 0. The first kappa shape index (κ1) is 10.2. The van der Waals surface area contributed by atoms with Gasteiger partial charge in [-0.05, 0) is 0 Å². The Morgan fingerprint density at radius 1 is 1.29 bits per heavy atom. The summed E-state index contributed by atoms with van der Waals surface area (Å²) in [6, 6.07) is 0. The average molecular weight is 102 g/mol. The van der Waals surface area contributed by atoms with Gasteiger partial charge in [0.25, 0.3) is 0 Å². The zero-order valence-corrected chi connectivity index (χ0v) is 3.84. The van der Waals surface area contributed by atoms with Crippen LogP contribution in [-0.4, -0.2) is 25.0 Å². The molecule has 4 heteroatoms. The molecule has 0 saturated heterocycles. The molecule has 0 aromatic rings. The minimum Gasteiger partial charge on any atom is -0.166 e. The Balaban J connectivity index is 0. The van der Waals surface area contributed by atoms with Gasteiger partial charge in [-0.3, -0.25) is 0 Å². The predicted octanol–water partition coefficient (Wildman–Crippen LogP) is 1.16. The molecular formula is C3H2F3Li. The van der Waals surface area contributed by atoms with Crippen LogP contribution >= 0.6 is 0 Å². The summed E-state index contributed by atoms with van der Waals surface area (Å²) in [5.74, 6) is 0. The molecule has 0 fully saturated rings. The number of hydrogen-bond donors (Lipinski definition) is 0. The number of halogens is 3. The average Bonchev–Trinajstić information content (AvgIpc) is 1.35. The summed E-state index contributed by atoms with van der Waals surface area (Å²) in [6.07, 6.45) is -3.47. The van der Waals surface area contributed by atoms with E-state index in [2.05, 4.69) is 6.58 Å². The van der Waals surface area contributed by atoms with Gasteiger partial charge in [-0.15, -0.1) is 0 Å². The minimum absolute atomic E-state index is 0. The Morgan fingerprint density at radius 3 is 1.43 bits per heavy atom. The van der Waals surface area contributed by atoms with Crippen LogP contribution in [-0.2, 0) is 0 Å². The summed E-state index contributed by atoms with van der Waals surface area (Å²) in [4.78, 5) is 0. The van der Waals surface area contributed by atoms with Crippen molar-refractivity contribution in [1.82, 2.24) is 0 Å². The van der Waals surface area contributed by atoms with Crippen molar-refractivity contribution in [3.05, 3.63) is 12.7 Å². The van der Waals surface area contributed by atoms with E-state index in [-0.39, 0.29) is 18.9 Å². The number of alkyl halides is 3. The maximum atomic E-state index is 10.6. The van der Waals surface area contributed by atoms with Crippen molar-refractivity contribution in [2.75, 3.05) is 0 Å². The van der Waals surface area contributed by atoms with Gasteiger partial charge in [0.05, 0.1) is 6.08 Å². The van der Waals surface area contributed by atoms with Crippen molar-refractivity contribution in [3.63, 3.8) is 0 Å². The molecule has 0 bridgehead atoms. The van der Waals surface area contributed by atoms with Crippen LogP contribution in [0.25, 0.3) is 0 Å². The second-order valence-electron chi connectivity index (χ2n) is 0.675. The molecule has 36 valence electrons. The van der Waals surface area contributed by atoms with Crippen LogP contribution in [0, 0.1) is 6.08 Å². The number of hydrogen-bond acceptors (Lipinski definition) is 0. The third-order valence-corrected chi connectivity index (χ3v) is 0.200. The topological polar surface area (TPSA) is 0 Å². The largest absolute Gasteiger partial charge is 0.416 e. The smallest absolute Gasteiger partial charge is 0.166 e. The minimum atomic E-state index is -4.32. The van der Waals surface area contributed by atoms with Crippen molar-refractivity contribution in [2.24, 2.45) is 0 Å². The molecule has 0 spiro atoms. The SMILES string of the molecule is C=[C]C(F)(F)F.[Li]. The van der Waals surface area contributed by atoms with Crippen LogP contribution in [0.1, 0.15) is 0 Å². The molecule has 0 nitrogen and oxygen atoms in total. The predicted molar refractivity (Wildman–Crippen MR) is 20.7 cm³/mol. The third-order valence-electron chi connectivity index (χ3n) is 0.200. The van der Waals surface area contributed by atoms with Crippen LogP contribution in [0.4, 0.5) is 13.2 Å². The molecular weight excluding hydrogens is 100.0 g/mol. The maximum Gasteiger partial charge on any atom is 0.416 e. The standard InChI is InChI=1S/C3H2F3.Li/c1-2-3(4,5)6;/h1H2;. The molecule has 0 aromatic carbocycles. The summed E-state index contributed by atoms with van der Waals surface area (Å²) < 4.78 is 31.8. The molecule has 0 aliphatic carbocycles. The fourth-order valence-electron chi connectivity index (χ4n) is 0. The van der Waals surface area contributed by atoms with E-state index in [1.165, 1.54) is 0 Å². The zero-order chi connectivity index (χ0) is 5.21. The van der Waals surface area contributed by atoms with Gasteiger partial charge in [0.1, 0.15) is 0 Å². The molecule has 0 unspecified atom stereocenters. The van der Waals surface area contributed by atoms with Crippen LogP contribution in [0.2, 0.25) is 0 Å². The summed E-state index contributed by atoms with van der Waals surface area (Å²) in [5, 5.41) is 0. The van der Waals surface area contributed by atoms with Crippen molar-refractivity contribution < 1.29 is 13.2 Å². The monoisotopic (exact) mass is 102 g/mol. The van der Waals surface area contributed by atoms with Crippen molar-refractivity contribution in [3.8, 4) is 0 Å². The van der Waals surface area contributed by atoms with Crippen LogP contribution < -0.4 is 0 Å². The first-order valence-electron chi connectivity index (χ1n) is 1.17. The van der Waals surface area contributed by atoms with Crippen LogP contribution in [0.15, 0.2) is 6.58 Å².